The van der Waals surface area contributed by atoms with E-state index in [9.17, 15) is 19.7 Å². The van der Waals surface area contributed by atoms with Gasteiger partial charge in [0.2, 0.25) is 0 Å². The number of carbonyl (C=O) groups excluding carboxylic acids is 2. The predicted octanol–water partition coefficient (Wildman–Crippen LogP) is 3.35. The van der Waals surface area contributed by atoms with Crippen molar-refractivity contribution >= 4 is 29.0 Å². The monoisotopic (exact) mass is 492 g/mol. The van der Waals surface area contributed by atoms with E-state index < -0.39 is 10.8 Å². The molecule has 11 nitrogen and oxygen atoms in total. The zero-order valence-corrected chi connectivity index (χ0v) is 20.2. The smallest absolute Gasteiger partial charge is 0.293 e. The Balaban J connectivity index is 1.70. The maximum Gasteiger partial charge on any atom is 0.293 e. The molecule has 2 heterocycles. The highest BCUT2D eigenvalue weighted by molar-refractivity contribution is 6.09. The number of amides is 2. The third-order valence-corrected chi connectivity index (χ3v) is 6.07. The van der Waals surface area contributed by atoms with E-state index in [1.165, 1.54) is 16.9 Å². The Hall–Kier alpha value is -4.25. The van der Waals surface area contributed by atoms with Crippen molar-refractivity contribution in [3.05, 3.63) is 76.0 Å². The average Bonchev–Trinajstić information content (AvgIpc) is 3.33. The van der Waals surface area contributed by atoms with E-state index in [4.69, 9.17) is 4.74 Å². The summed E-state index contributed by atoms with van der Waals surface area (Å²) in [5.41, 5.74) is 1.25. The molecule has 0 unspecified atom stereocenters. The number of nitrogens with zero attached hydrogens (tertiary/aromatic N) is 5. The van der Waals surface area contributed by atoms with Gasteiger partial charge in [0, 0.05) is 37.8 Å². The summed E-state index contributed by atoms with van der Waals surface area (Å²) in [4.78, 5) is 41.3. The molecule has 0 atom stereocenters. The molecule has 1 aliphatic rings. The minimum absolute atomic E-state index is 0.0979. The normalized spacial score (nSPS) is 13.3. The van der Waals surface area contributed by atoms with Gasteiger partial charge in [0.05, 0.1) is 30.0 Å². The summed E-state index contributed by atoms with van der Waals surface area (Å²) < 4.78 is 6.82. The predicted molar refractivity (Wildman–Crippen MR) is 135 cm³/mol. The van der Waals surface area contributed by atoms with Crippen LogP contribution < -0.4 is 10.2 Å². The molecule has 0 radical (unpaired) electrons. The highest BCUT2D eigenvalue weighted by Gasteiger charge is 2.26. The molecule has 0 bridgehead atoms. The van der Waals surface area contributed by atoms with Gasteiger partial charge in [0.1, 0.15) is 17.1 Å². The molecule has 188 valence electrons. The second-order valence-corrected chi connectivity index (χ2v) is 8.15. The van der Waals surface area contributed by atoms with Crippen LogP contribution in [0.3, 0.4) is 0 Å². The molecular formula is C25H28N6O5. The number of hydrogen-bond acceptors (Lipinski definition) is 7. The number of aromatic nitrogens is 2. The maximum absolute atomic E-state index is 13.3. The van der Waals surface area contributed by atoms with Gasteiger partial charge >= 0.3 is 0 Å². The standard InChI is InChI=1S/C25H28N6O5/c1-3-28(4-2)25(33)20-17-26-30(19-8-6-5-7-9-19)23(20)27-24(32)18-10-11-21(22(16-18)31(34)35)29-12-14-36-15-13-29/h5-11,16-17H,3-4,12-15H2,1-2H3,(H,27,32). The average molecular weight is 493 g/mol. The van der Waals surface area contributed by atoms with Crippen LogP contribution in [0.15, 0.2) is 54.7 Å². The third-order valence-electron chi connectivity index (χ3n) is 6.07. The number of nitrogens with one attached hydrogen (secondary N) is 1. The summed E-state index contributed by atoms with van der Waals surface area (Å²) in [5, 5.41) is 19.0. The number of nitro groups is 1. The molecule has 1 N–H and O–H groups in total. The first-order valence-corrected chi connectivity index (χ1v) is 11.8. The van der Waals surface area contributed by atoms with Crippen molar-refractivity contribution in [3.8, 4) is 5.69 Å². The molecule has 4 rings (SSSR count). The maximum atomic E-state index is 13.3. The molecule has 2 amide bonds. The largest absolute Gasteiger partial charge is 0.378 e. The van der Waals surface area contributed by atoms with Gasteiger partial charge in [-0.15, -0.1) is 0 Å². The molecule has 1 aromatic heterocycles. The Bertz CT molecular complexity index is 1250. The fourth-order valence-electron chi connectivity index (χ4n) is 4.13. The van der Waals surface area contributed by atoms with Crippen molar-refractivity contribution in [1.82, 2.24) is 14.7 Å². The number of para-hydroxylation sites is 1. The first-order valence-electron chi connectivity index (χ1n) is 11.8. The molecule has 36 heavy (non-hydrogen) atoms. The summed E-state index contributed by atoms with van der Waals surface area (Å²) >= 11 is 0. The zero-order chi connectivity index (χ0) is 25.7. The van der Waals surface area contributed by atoms with Gasteiger partial charge in [-0.2, -0.15) is 5.10 Å². The van der Waals surface area contributed by atoms with Gasteiger partial charge in [-0.3, -0.25) is 19.7 Å². The van der Waals surface area contributed by atoms with Gasteiger partial charge in [0.25, 0.3) is 17.5 Å². The van der Waals surface area contributed by atoms with Gasteiger partial charge in [-0.1, -0.05) is 18.2 Å². The molecule has 1 saturated heterocycles. The number of anilines is 2. The van der Waals surface area contributed by atoms with Crippen LogP contribution >= 0.6 is 0 Å². The lowest BCUT2D eigenvalue weighted by Gasteiger charge is -2.28. The van der Waals surface area contributed by atoms with Crippen LogP contribution in [0.4, 0.5) is 17.2 Å². The Morgan fingerprint density at radius 2 is 1.81 bits per heavy atom. The van der Waals surface area contributed by atoms with Crippen LogP contribution in [0.2, 0.25) is 0 Å². The van der Waals surface area contributed by atoms with E-state index in [1.54, 1.807) is 29.2 Å². The van der Waals surface area contributed by atoms with Crippen LogP contribution in [0.25, 0.3) is 5.69 Å². The number of carbonyl (C=O) groups is 2. The van der Waals surface area contributed by atoms with Crippen molar-refractivity contribution in [1.29, 1.82) is 0 Å². The molecule has 1 aliphatic heterocycles. The summed E-state index contributed by atoms with van der Waals surface area (Å²) in [6.07, 6.45) is 1.42. The van der Waals surface area contributed by atoms with E-state index >= 15 is 0 Å². The molecule has 11 heteroatoms. The zero-order valence-electron chi connectivity index (χ0n) is 20.2. The third kappa shape index (κ3) is 5.05. The summed E-state index contributed by atoms with van der Waals surface area (Å²) in [6, 6.07) is 13.5. The lowest BCUT2D eigenvalue weighted by Crippen LogP contribution is -2.36. The molecule has 2 aromatic carbocycles. The number of benzene rings is 2. The van der Waals surface area contributed by atoms with E-state index in [0.717, 1.165) is 0 Å². The Morgan fingerprint density at radius 1 is 1.11 bits per heavy atom. The van der Waals surface area contributed by atoms with Gasteiger partial charge < -0.3 is 19.9 Å². The van der Waals surface area contributed by atoms with Gasteiger partial charge in [0.15, 0.2) is 0 Å². The van der Waals surface area contributed by atoms with Crippen molar-refractivity contribution < 1.29 is 19.2 Å². The Labute approximate surface area is 208 Å². The molecule has 0 saturated carbocycles. The first-order chi connectivity index (χ1) is 17.4. The van der Waals surface area contributed by atoms with Crippen LogP contribution in [-0.2, 0) is 4.74 Å². The quantitative estimate of drug-likeness (QED) is 0.378. The fourth-order valence-corrected chi connectivity index (χ4v) is 4.13. The van der Waals surface area contributed by atoms with Crippen molar-refractivity contribution in [2.75, 3.05) is 49.6 Å². The second-order valence-electron chi connectivity index (χ2n) is 8.15. The minimum atomic E-state index is -0.585. The highest BCUT2D eigenvalue weighted by Crippen LogP contribution is 2.31. The topological polar surface area (TPSA) is 123 Å². The number of morpholine rings is 1. The second kappa shape index (κ2) is 11.0. The van der Waals surface area contributed by atoms with E-state index in [1.807, 2.05) is 36.9 Å². The van der Waals surface area contributed by atoms with Crippen LogP contribution in [-0.4, -0.2) is 70.8 Å². The Kier molecular flexibility index (Phi) is 7.59. The van der Waals surface area contributed by atoms with Crippen molar-refractivity contribution in [2.24, 2.45) is 0 Å². The van der Waals surface area contributed by atoms with Crippen molar-refractivity contribution in [2.45, 2.75) is 13.8 Å². The van der Waals surface area contributed by atoms with Crippen LogP contribution in [0.1, 0.15) is 34.6 Å². The molecule has 3 aromatic rings. The van der Waals surface area contributed by atoms with Gasteiger partial charge in [-0.05, 0) is 38.1 Å². The summed E-state index contributed by atoms with van der Waals surface area (Å²) in [7, 11) is 0. The van der Waals surface area contributed by atoms with Crippen LogP contribution in [0, 0.1) is 10.1 Å². The SMILES string of the molecule is CCN(CC)C(=O)c1cnn(-c2ccccc2)c1NC(=O)c1ccc(N2CCOCC2)c([N+](=O)[O-])c1. The number of ether oxygens (including phenoxy) is 1. The lowest BCUT2D eigenvalue weighted by atomic mass is 10.1. The van der Waals surface area contributed by atoms with E-state index in [0.29, 0.717) is 50.8 Å². The number of nitro benzene ring substituents is 1. The van der Waals surface area contributed by atoms with E-state index in [2.05, 4.69) is 10.4 Å². The molecular weight excluding hydrogens is 464 g/mol. The van der Waals surface area contributed by atoms with Crippen LogP contribution in [0.5, 0.6) is 0 Å². The van der Waals surface area contributed by atoms with E-state index in [-0.39, 0.29) is 28.5 Å². The fraction of sp³-hybridized carbons (Fsp3) is 0.320. The van der Waals surface area contributed by atoms with Crippen molar-refractivity contribution in [3.63, 3.8) is 0 Å². The minimum Gasteiger partial charge on any atom is -0.378 e. The summed E-state index contributed by atoms with van der Waals surface area (Å²) in [6.45, 7) is 6.74. The van der Waals surface area contributed by atoms with Gasteiger partial charge in [-0.25, -0.2) is 4.68 Å². The molecule has 0 aliphatic carbocycles. The first kappa shape index (κ1) is 24.9. The number of hydrogen-bond donors (Lipinski definition) is 1. The Morgan fingerprint density at radius 3 is 2.44 bits per heavy atom. The number of rotatable bonds is 8. The molecule has 1 fully saturated rings. The molecule has 0 spiro atoms. The highest BCUT2D eigenvalue weighted by atomic mass is 16.6. The lowest BCUT2D eigenvalue weighted by molar-refractivity contribution is -0.384. The summed E-state index contributed by atoms with van der Waals surface area (Å²) in [5.74, 6) is -0.660.